The molecular weight excluding hydrogens is 270 g/mol. The zero-order valence-corrected chi connectivity index (χ0v) is 11.4. The van der Waals surface area contributed by atoms with E-state index < -0.39 is 6.61 Å². The van der Waals surface area contributed by atoms with E-state index in [-0.39, 0.29) is 11.8 Å². The zero-order valence-electron chi connectivity index (χ0n) is 10.6. The van der Waals surface area contributed by atoms with E-state index in [2.05, 4.69) is 15.0 Å². The molecule has 0 aliphatic heterocycles. The first-order valence-electron chi connectivity index (χ1n) is 5.75. The summed E-state index contributed by atoms with van der Waals surface area (Å²) in [4.78, 5) is 4.39. The Balaban J connectivity index is 2.38. The fraction of sp³-hybridized carbons (Fsp3) is 0.308. The second-order valence-corrected chi connectivity index (χ2v) is 4.85. The van der Waals surface area contributed by atoms with Crippen molar-refractivity contribution in [3.8, 4) is 5.75 Å². The SMILES string of the molecule is CNC(c1nc(C)cs1)c1ccccc1OC(F)F. The molecule has 0 saturated heterocycles. The molecule has 0 saturated carbocycles. The van der Waals surface area contributed by atoms with E-state index in [0.29, 0.717) is 5.56 Å². The van der Waals surface area contributed by atoms with Crippen LogP contribution in [0.15, 0.2) is 29.6 Å². The van der Waals surface area contributed by atoms with Crippen LogP contribution in [-0.4, -0.2) is 18.6 Å². The maximum atomic E-state index is 12.4. The van der Waals surface area contributed by atoms with Gasteiger partial charge in [0.05, 0.1) is 6.04 Å². The number of para-hydroxylation sites is 1. The van der Waals surface area contributed by atoms with E-state index in [4.69, 9.17) is 0 Å². The number of rotatable bonds is 5. The van der Waals surface area contributed by atoms with Gasteiger partial charge >= 0.3 is 6.61 Å². The number of thiazole rings is 1. The number of halogens is 2. The van der Waals surface area contributed by atoms with Crippen molar-refractivity contribution in [3.05, 3.63) is 45.9 Å². The van der Waals surface area contributed by atoms with Crippen LogP contribution in [0.1, 0.15) is 22.3 Å². The number of nitrogens with zero attached hydrogens (tertiary/aromatic N) is 1. The highest BCUT2D eigenvalue weighted by Crippen LogP contribution is 2.32. The van der Waals surface area contributed by atoms with Crippen molar-refractivity contribution in [1.29, 1.82) is 0 Å². The Morgan fingerprint density at radius 1 is 1.32 bits per heavy atom. The van der Waals surface area contributed by atoms with Crippen LogP contribution in [0.3, 0.4) is 0 Å². The van der Waals surface area contributed by atoms with Gasteiger partial charge in [-0.15, -0.1) is 11.3 Å². The number of hydrogen-bond donors (Lipinski definition) is 1. The summed E-state index contributed by atoms with van der Waals surface area (Å²) in [6.45, 7) is -0.939. The third-order valence-electron chi connectivity index (χ3n) is 2.62. The molecule has 3 nitrogen and oxygen atoms in total. The Morgan fingerprint density at radius 3 is 2.63 bits per heavy atom. The lowest BCUT2D eigenvalue weighted by Gasteiger charge is -2.18. The molecule has 0 aliphatic rings. The van der Waals surface area contributed by atoms with Crippen molar-refractivity contribution >= 4 is 11.3 Å². The molecule has 1 aromatic carbocycles. The zero-order chi connectivity index (χ0) is 13.8. The fourth-order valence-corrected chi connectivity index (χ4v) is 2.76. The summed E-state index contributed by atoms with van der Waals surface area (Å²) in [6, 6.07) is 6.50. The largest absolute Gasteiger partial charge is 0.434 e. The standard InChI is InChI=1S/C13H14F2N2OS/c1-8-7-19-12(17-8)11(16-2)9-5-3-4-6-10(9)18-13(14)15/h3-7,11,13,16H,1-2H3. The molecule has 19 heavy (non-hydrogen) atoms. The van der Waals surface area contributed by atoms with Gasteiger partial charge in [-0.05, 0) is 20.0 Å². The van der Waals surface area contributed by atoms with Gasteiger partial charge in [0.15, 0.2) is 0 Å². The highest BCUT2D eigenvalue weighted by molar-refractivity contribution is 7.09. The lowest BCUT2D eigenvalue weighted by molar-refractivity contribution is -0.0506. The van der Waals surface area contributed by atoms with Crippen LogP contribution in [0.25, 0.3) is 0 Å². The summed E-state index contributed by atoms with van der Waals surface area (Å²) in [6.07, 6.45) is 0. The average molecular weight is 284 g/mol. The predicted octanol–water partition coefficient (Wildman–Crippen LogP) is 3.36. The van der Waals surface area contributed by atoms with Crippen molar-refractivity contribution in [2.45, 2.75) is 19.6 Å². The Kier molecular flexibility index (Phi) is 4.44. The van der Waals surface area contributed by atoms with E-state index in [0.717, 1.165) is 10.7 Å². The number of nitrogens with one attached hydrogen (secondary N) is 1. The van der Waals surface area contributed by atoms with Crippen LogP contribution in [0.5, 0.6) is 5.75 Å². The summed E-state index contributed by atoms with van der Waals surface area (Å²) in [7, 11) is 1.76. The van der Waals surface area contributed by atoms with Crippen LogP contribution in [0.2, 0.25) is 0 Å². The molecule has 0 aliphatic carbocycles. The van der Waals surface area contributed by atoms with Crippen LogP contribution in [0.4, 0.5) is 8.78 Å². The van der Waals surface area contributed by atoms with E-state index >= 15 is 0 Å². The van der Waals surface area contributed by atoms with Gasteiger partial charge in [-0.25, -0.2) is 4.98 Å². The Labute approximate surface area is 114 Å². The second-order valence-electron chi connectivity index (χ2n) is 3.97. The number of alkyl halides is 2. The third-order valence-corrected chi connectivity index (χ3v) is 3.65. The van der Waals surface area contributed by atoms with Crippen molar-refractivity contribution in [2.75, 3.05) is 7.05 Å². The van der Waals surface area contributed by atoms with E-state index in [1.54, 1.807) is 25.2 Å². The van der Waals surface area contributed by atoms with Crippen molar-refractivity contribution in [1.82, 2.24) is 10.3 Å². The quantitative estimate of drug-likeness (QED) is 0.914. The molecule has 6 heteroatoms. The number of ether oxygens (including phenoxy) is 1. The summed E-state index contributed by atoms with van der Waals surface area (Å²) in [5.41, 5.74) is 1.56. The molecule has 1 atom stereocenters. The fourth-order valence-electron chi connectivity index (χ4n) is 1.84. The van der Waals surface area contributed by atoms with Gasteiger partial charge < -0.3 is 10.1 Å². The molecule has 0 bridgehead atoms. The number of aryl methyl sites for hydroxylation is 1. The Bertz CT molecular complexity index is 545. The molecular formula is C13H14F2N2OS. The maximum Gasteiger partial charge on any atom is 0.387 e. The van der Waals surface area contributed by atoms with Crippen LogP contribution >= 0.6 is 11.3 Å². The normalized spacial score (nSPS) is 12.7. The number of aromatic nitrogens is 1. The molecule has 1 heterocycles. The minimum Gasteiger partial charge on any atom is -0.434 e. The van der Waals surface area contributed by atoms with E-state index in [9.17, 15) is 8.78 Å². The minimum atomic E-state index is -2.84. The van der Waals surface area contributed by atoms with Gasteiger partial charge in [0, 0.05) is 16.6 Å². The molecule has 1 unspecified atom stereocenters. The first-order valence-corrected chi connectivity index (χ1v) is 6.63. The molecule has 0 amide bonds. The van der Waals surface area contributed by atoms with Gasteiger partial charge in [0.25, 0.3) is 0 Å². The smallest absolute Gasteiger partial charge is 0.387 e. The lowest BCUT2D eigenvalue weighted by Crippen LogP contribution is -2.19. The maximum absolute atomic E-state index is 12.4. The van der Waals surface area contributed by atoms with Crippen LogP contribution in [-0.2, 0) is 0 Å². The third kappa shape index (κ3) is 3.27. The summed E-state index contributed by atoms with van der Waals surface area (Å²) >= 11 is 1.49. The predicted molar refractivity (Wildman–Crippen MR) is 70.8 cm³/mol. The number of hydrogen-bond acceptors (Lipinski definition) is 4. The number of benzene rings is 1. The summed E-state index contributed by atoms with van der Waals surface area (Å²) in [5.74, 6) is 0.171. The molecule has 0 fully saturated rings. The van der Waals surface area contributed by atoms with Crippen molar-refractivity contribution in [2.24, 2.45) is 0 Å². The first kappa shape index (κ1) is 13.9. The minimum absolute atomic E-state index is 0.171. The molecule has 2 aromatic rings. The lowest BCUT2D eigenvalue weighted by atomic mass is 10.1. The second kappa shape index (κ2) is 6.08. The van der Waals surface area contributed by atoms with Gasteiger partial charge in [-0.3, -0.25) is 0 Å². The Morgan fingerprint density at radius 2 is 2.05 bits per heavy atom. The Hall–Kier alpha value is -1.53. The molecule has 102 valence electrons. The summed E-state index contributed by atoms with van der Waals surface area (Å²) < 4.78 is 29.4. The summed E-state index contributed by atoms with van der Waals surface area (Å²) in [5, 5.41) is 5.84. The van der Waals surface area contributed by atoms with E-state index in [1.165, 1.54) is 17.4 Å². The van der Waals surface area contributed by atoms with Gasteiger partial charge in [0.1, 0.15) is 10.8 Å². The van der Waals surface area contributed by atoms with Crippen LogP contribution < -0.4 is 10.1 Å². The average Bonchev–Trinajstić information content (AvgIpc) is 2.78. The molecule has 0 spiro atoms. The van der Waals surface area contributed by atoms with Crippen molar-refractivity contribution in [3.63, 3.8) is 0 Å². The van der Waals surface area contributed by atoms with Gasteiger partial charge in [-0.2, -0.15) is 8.78 Å². The van der Waals surface area contributed by atoms with Crippen molar-refractivity contribution < 1.29 is 13.5 Å². The first-order chi connectivity index (χ1) is 9.11. The monoisotopic (exact) mass is 284 g/mol. The van der Waals surface area contributed by atoms with E-state index in [1.807, 2.05) is 12.3 Å². The van der Waals surface area contributed by atoms with Crippen LogP contribution in [0, 0.1) is 6.92 Å². The van der Waals surface area contributed by atoms with Gasteiger partial charge in [0.2, 0.25) is 0 Å². The molecule has 1 aromatic heterocycles. The van der Waals surface area contributed by atoms with Gasteiger partial charge in [-0.1, -0.05) is 18.2 Å². The topological polar surface area (TPSA) is 34.2 Å². The molecule has 2 rings (SSSR count). The highest BCUT2D eigenvalue weighted by Gasteiger charge is 2.20. The highest BCUT2D eigenvalue weighted by atomic mass is 32.1. The molecule has 0 radical (unpaired) electrons. The molecule has 1 N–H and O–H groups in total.